The fraction of sp³-hybridized carbons (Fsp3) is 0.333. The molecule has 126 valence electrons. The van der Waals surface area contributed by atoms with Gasteiger partial charge >= 0.3 is 0 Å². The zero-order valence-corrected chi connectivity index (χ0v) is 12.8. The Morgan fingerprint density at radius 2 is 1.88 bits per heavy atom. The molecule has 1 saturated heterocycles. The summed E-state index contributed by atoms with van der Waals surface area (Å²) in [5.41, 5.74) is 1.36. The van der Waals surface area contributed by atoms with Crippen molar-refractivity contribution in [2.75, 3.05) is 19.6 Å². The fourth-order valence-corrected chi connectivity index (χ4v) is 2.72. The number of hydrogen-bond acceptors (Lipinski definition) is 7. The third kappa shape index (κ3) is 3.00. The predicted octanol–water partition coefficient (Wildman–Crippen LogP) is -0.610. The summed E-state index contributed by atoms with van der Waals surface area (Å²) in [5, 5.41) is 26.2. The van der Waals surface area contributed by atoms with E-state index in [0.717, 1.165) is 9.80 Å². The number of carbonyl (C=O) groups excluding carboxylic acids is 2. The maximum atomic E-state index is 11.3. The summed E-state index contributed by atoms with van der Waals surface area (Å²) in [6.45, 7) is 1.77. The summed E-state index contributed by atoms with van der Waals surface area (Å²) in [5.74, 6) is 0.866. The van der Waals surface area contributed by atoms with Crippen LogP contribution in [-0.2, 0) is 0 Å². The van der Waals surface area contributed by atoms with Gasteiger partial charge in [0.2, 0.25) is 11.7 Å². The van der Waals surface area contributed by atoms with Gasteiger partial charge in [0.25, 0.3) is 0 Å². The number of amides is 2. The fourth-order valence-electron chi connectivity index (χ4n) is 2.72. The van der Waals surface area contributed by atoms with E-state index in [1.807, 2.05) is 0 Å². The number of hydrogen-bond donors (Lipinski definition) is 0. The molecule has 9 heteroatoms. The van der Waals surface area contributed by atoms with E-state index in [-0.39, 0.29) is 19.6 Å². The van der Waals surface area contributed by atoms with Gasteiger partial charge in [-0.25, -0.2) is 0 Å². The minimum Gasteiger partial charge on any atom is -0.530 e. The van der Waals surface area contributed by atoms with Crippen molar-refractivity contribution < 1.29 is 24.3 Å². The first-order chi connectivity index (χ1) is 11.5. The third-order valence-corrected chi connectivity index (χ3v) is 3.95. The molecule has 0 aliphatic carbocycles. The van der Waals surface area contributed by atoms with E-state index in [4.69, 9.17) is 4.52 Å². The van der Waals surface area contributed by atoms with Crippen molar-refractivity contribution >= 4 is 12.2 Å². The molecule has 1 fully saturated rings. The molecule has 0 saturated carbocycles. The average molecular weight is 330 g/mol. The minimum absolute atomic E-state index is 0.00300. The van der Waals surface area contributed by atoms with Crippen LogP contribution >= 0.6 is 0 Å². The number of nitrogens with zero attached hydrogens (tertiary/aromatic N) is 4. The van der Waals surface area contributed by atoms with Crippen molar-refractivity contribution in [3.63, 3.8) is 0 Å². The van der Waals surface area contributed by atoms with Crippen molar-refractivity contribution in [1.29, 1.82) is 0 Å². The molecular formula is C15H14N4O5-2. The third-order valence-electron chi connectivity index (χ3n) is 3.95. The van der Waals surface area contributed by atoms with E-state index in [1.165, 1.54) is 0 Å². The molecule has 2 amide bonds. The summed E-state index contributed by atoms with van der Waals surface area (Å²) < 4.78 is 4.92. The van der Waals surface area contributed by atoms with Crippen LogP contribution in [0.5, 0.6) is 0 Å². The summed E-state index contributed by atoms with van der Waals surface area (Å²) in [7, 11) is 0. The van der Waals surface area contributed by atoms with E-state index >= 15 is 0 Å². The number of rotatable bonds is 2. The first-order valence-electron chi connectivity index (χ1n) is 7.30. The SMILES string of the molecule is Cc1nc(-c2ccc([C@H]3CN(C(=O)[O-])CCN3C(=O)[O-])cc2)no1. The smallest absolute Gasteiger partial charge is 0.223 e. The maximum absolute atomic E-state index is 11.3. The van der Waals surface area contributed by atoms with E-state index < -0.39 is 18.2 Å². The van der Waals surface area contributed by atoms with Gasteiger partial charge in [0.1, 0.15) is 12.2 Å². The van der Waals surface area contributed by atoms with Gasteiger partial charge in [-0.15, -0.1) is 0 Å². The van der Waals surface area contributed by atoms with E-state index in [1.54, 1.807) is 31.2 Å². The summed E-state index contributed by atoms with van der Waals surface area (Å²) >= 11 is 0. The molecule has 9 nitrogen and oxygen atoms in total. The average Bonchev–Trinajstić information content (AvgIpc) is 3.01. The second kappa shape index (κ2) is 6.19. The van der Waals surface area contributed by atoms with Crippen LogP contribution in [0.1, 0.15) is 17.5 Å². The van der Waals surface area contributed by atoms with Gasteiger partial charge in [0.05, 0.1) is 6.04 Å². The molecule has 2 heterocycles. The Morgan fingerprint density at radius 3 is 2.42 bits per heavy atom. The summed E-state index contributed by atoms with van der Waals surface area (Å²) in [6, 6.07) is 6.22. The highest BCUT2D eigenvalue weighted by Gasteiger charge is 2.28. The van der Waals surface area contributed by atoms with Crippen LogP contribution in [0.25, 0.3) is 11.4 Å². The van der Waals surface area contributed by atoms with Gasteiger partial charge < -0.3 is 34.1 Å². The zero-order chi connectivity index (χ0) is 17.3. The monoisotopic (exact) mass is 330 g/mol. The molecule has 0 bridgehead atoms. The molecule has 3 rings (SSSR count). The topological polar surface area (TPSA) is 126 Å². The highest BCUT2D eigenvalue weighted by molar-refractivity contribution is 5.66. The van der Waals surface area contributed by atoms with E-state index in [9.17, 15) is 19.8 Å². The Bertz CT molecular complexity index is 757. The van der Waals surface area contributed by atoms with Crippen molar-refractivity contribution in [1.82, 2.24) is 19.9 Å². The Morgan fingerprint density at radius 1 is 1.17 bits per heavy atom. The number of carboxylic acid groups (broad SMARTS) is 2. The van der Waals surface area contributed by atoms with Crippen LogP contribution in [-0.4, -0.2) is 51.8 Å². The predicted molar refractivity (Wildman–Crippen MR) is 76.3 cm³/mol. The molecule has 1 aliphatic heterocycles. The molecule has 0 unspecified atom stereocenters. The van der Waals surface area contributed by atoms with Crippen LogP contribution in [0.3, 0.4) is 0 Å². The van der Waals surface area contributed by atoms with Crippen molar-refractivity contribution in [3.05, 3.63) is 35.7 Å². The summed E-state index contributed by atoms with van der Waals surface area (Å²) in [4.78, 5) is 28.7. The van der Waals surface area contributed by atoms with E-state index in [0.29, 0.717) is 22.8 Å². The Labute approximate surface area is 137 Å². The lowest BCUT2D eigenvalue weighted by molar-refractivity contribution is -0.278. The lowest BCUT2D eigenvalue weighted by Gasteiger charge is -2.44. The number of aromatic nitrogens is 2. The normalized spacial score (nSPS) is 17.8. The lowest BCUT2D eigenvalue weighted by Crippen LogP contribution is -2.57. The molecule has 1 atom stereocenters. The highest BCUT2D eigenvalue weighted by Crippen LogP contribution is 2.27. The lowest BCUT2D eigenvalue weighted by atomic mass is 10.0. The number of aryl methyl sites for hydroxylation is 1. The van der Waals surface area contributed by atoms with E-state index in [2.05, 4.69) is 10.1 Å². The van der Waals surface area contributed by atoms with Crippen molar-refractivity contribution in [2.24, 2.45) is 0 Å². The van der Waals surface area contributed by atoms with Gasteiger partial charge in [-0.3, -0.25) is 0 Å². The Balaban J connectivity index is 1.86. The molecule has 0 N–H and O–H groups in total. The summed E-state index contributed by atoms with van der Waals surface area (Å²) in [6.07, 6.45) is -2.66. The molecule has 2 aromatic rings. The molecule has 1 aliphatic rings. The molecule has 1 aromatic carbocycles. The minimum atomic E-state index is -1.34. The van der Waals surface area contributed by atoms with Crippen LogP contribution < -0.4 is 10.2 Å². The first kappa shape index (κ1) is 15.8. The molecule has 24 heavy (non-hydrogen) atoms. The maximum Gasteiger partial charge on any atom is 0.223 e. The van der Waals surface area contributed by atoms with Gasteiger partial charge in [-0.1, -0.05) is 29.4 Å². The Kier molecular flexibility index (Phi) is 4.07. The first-order valence-corrected chi connectivity index (χ1v) is 7.30. The van der Waals surface area contributed by atoms with Crippen molar-refractivity contribution in [2.45, 2.75) is 13.0 Å². The van der Waals surface area contributed by atoms with Crippen LogP contribution in [0.2, 0.25) is 0 Å². The number of piperazine rings is 1. The van der Waals surface area contributed by atoms with Crippen LogP contribution in [0.4, 0.5) is 9.59 Å². The zero-order valence-electron chi connectivity index (χ0n) is 12.8. The van der Waals surface area contributed by atoms with Gasteiger partial charge in [-0.2, -0.15) is 4.98 Å². The van der Waals surface area contributed by atoms with Gasteiger partial charge in [0.15, 0.2) is 0 Å². The second-order valence-corrected chi connectivity index (χ2v) is 5.45. The molecule has 1 aromatic heterocycles. The largest absolute Gasteiger partial charge is 0.530 e. The van der Waals surface area contributed by atoms with Crippen molar-refractivity contribution in [3.8, 4) is 11.4 Å². The Hall–Kier alpha value is -3.10. The molecule has 0 radical (unpaired) electrons. The van der Waals surface area contributed by atoms with Crippen LogP contribution in [0.15, 0.2) is 28.8 Å². The number of benzene rings is 1. The quantitative estimate of drug-likeness (QED) is 0.719. The number of carbonyl (C=O) groups is 2. The van der Waals surface area contributed by atoms with Gasteiger partial charge in [-0.05, 0) is 5.56 Å². The second-order valence-electron chi connectivity index (χ2n) is 5.45. The van der Waals surface area contributed by atoms with Crippen LogP contribution in [0, 0.1) is 6.92 Å². The molecule has 0 spiro atoms. The standard InChI is InChI=1S/C15H16N4O5/c1-9-16-13(17-24-9)11-4-2-10(3-5-11)12-8-18(14(20)21)6-7-19(12)15(22)23/h2-5,12H,6-8H2,1H3,(H,20,21)(H,22,23)/p-2/t12-/m1/s1. The highest BCUT2D eigenvalue weighted by atomic mass is 16.5. The molecular weight excluding hydrogens is 316 g/mol. The van der Waals surface area contributed by atoms with Gasteiger partial charge in [0, 0.05) is 32.1 Å².